The standard InChI is InChI=1S/C16H26O/c1-5-6-8-14(4)16(17)11-15-12(2)9-7-10-13(15)3/h7,9-10,14,16-17H,5-6,8,11H2,1-4H3. The van der Waals surface area contributed by atoms with Crippen LogP contribution in [0.15, 0.2) is 18.2 Å². The first kappa shape index (κ1) is 14.2. The maximum absolute atomic E-state index is 10.2. The van der Waals surface area contributed by atoms with Crippen molar-refractivity contribution in [2.75, 3.05) is 0 Å². The molecule has 0 bridgehead atoms. The van der Waals surface area contributed by atoms with E-state index in [9.17, 15) is 5.11 Å². The van der Waals surface area contributed by atoms with Gasteiger partial charge in [-0.2, -0.15) is 0 Å². The van der Waals surface area contributed by atoms with Crippen LogP contribution >= 0.6 is 0 Å². The SMILES string of the molecule is CCCCC(C)C(O)Cc1c(C)cccc1C. The molecule has 0 heterocycles. The van der Waals surface area contributed by atoms with E-state index >= 15 is 0 Å². The highest BCUT2D eigenvalue weighted by Gasteiger charge is 2.16. The van der Waals surface area contributed by atoms with Crippen LogP contribution in [0.2, 0.25) is 0 Å². The zero-order valence-electron chi connectivity index (χ0n) is 11.7. The molecule has 0 fully saturated rings. The predicted octanol–water partition coefficient (Wildman–Crippen LogP) is 4.03. The van der Waals surface area contributed by atoms with Crippen molar-refractivity contribution in [3.05, 3.63) is 34.9 Å². The first-order chi connectivity index (χ1) is 8.06. The molecular weight excluding hydrogens is 208 g/mol. The van der Waals surface area contributed by atoms with Gasteiger partial charge >= 0.3 is 0 Å². The monoisotopic (exact) mass is 234 g/mol. The van der Waals surface area contributed by atoms with Crippen LogP contribution in [0.5, 0.6) is 0 Å². The Labute approximate surface area is 106 Å². The molecule has 0 aromatic heterocycles. The van der Waals surface area contributed by atoms with Crippen molar-refractivity contribution in [3.63, 3.8) is 0 Å². The summed E-state index contributed by atoms with van der Waals surface area (Å²) in [5.41, 5.74) is 3.92. The van der Waals surface area contributed by atoms with E-state index in [4.69, 9.17) is 0 Å². The second-order valence-electron chi connectivity index (χ2n) is 5.26. The van der Waals surface area contributed by atoms with Crippen molar-refractivity contribution in [2.24, 2.45) is 5.92 Å². The molecule has 2 unspecified atom stereocenters. The highest BCUT2D eigenvalue weighted by atomic mass is 16.3. The molecule has 0 amide bonds. The van der Waals surface area contributed by atoms with Gasteiger partial charge in [0, 0.05) is 0 Å². The lowest BCUT2D eigenvalue weighted by Crippen LogP contribution is -2.21. The summed E-state index contributed by atoms with van der Waals surface area (Å²) in [6.45, 7) is 8.62. The Hall–Kier alpha value is -0.820. The molecule has 96 valence electrons. The van der Waals surface area contributed by atoms with E-state index in [0.717, 1.165) is 12.8 Å². The van der Waals surface area contributed by atoms with E-state index in [1.807, 2.05) is 0 Å². The molecule has 0 aliphatic carbocycles. The summed E-state index contributed by atoms with van der Waals surface area (Å²) in [7, 11) is 0. The van der Waals surface area contributed by atoms with Crippen molar-refractivity contribution < 1.29 is 5.11 Å². The van der Waals surface area contributed by atoms with Crippen LogP contribution < -0.4 is 0 Å². The van der Waals surface area contributed by atoms with E-state index in [1.54, 1.807) is 0 Å². The van der Waals surface area contributed by atoms with Gasteiger partial charge in [0.05, 0.1) is 6.10 Å². The van der Waals surface area contributed by atoms with E-state index < -0.39 is 0 Å². The lowest BCUT2D eigenvalue weighted by atomic mass is 9.90. The van der Waals surface area contributed by atoms with Crippen molar-refractivity contribution in [3.8, 4) is 0 Å². The third-order valence-corrected chi connectivity index (χ3v) is 3.73. The van der Waals surface area contributed by atoms with Crippen LogP contribution in [0, 0.1) is 19.8 Å². The van der Waals surface area contributed by atoms with Crippen LogP contribution in [-0.2, 0) is 6.42 Å². The Kier molecular flexibility index (Phi) is 5.70. The summed E-state index contributed by atoms with van der Waals surface area (Å²) < 4.78 is 0. The van der Waals surface area contributed by atoms with Gasteiger partial charge in [-0.3, -0.25) is 0 Å². The van der Waals surface area contributed by atoms with Crippen molar-refractivity contribution in [2.45, 2.75) is 59.5 Å². The molecule has 2 atom stereocenters. The van der Waals surface area contributed by atoms with E-state index in [-0.39, 0.29) is 6.10 Å². The van der Waals surface area contributed by atoms with Gasteiger partial charge < -0.3 is 5.11 Å². The second-order valence-corrected chi connectivity index (χ2v) is 5.26. The minimum Gasteiger partial charge on any atom is -0.393 e. The zero-order valence-corrected chi connectivity index (χ0v) is 11.7. The Morgan fingerprint density at radius 1 is 1.18 bits per heavy atom. The lowest BCUT2D eigenvalue weighted by Gasteiger charge is -2.20. The molecule has 1 aromatic rings. The normalized spacial score (nSPS) is 14.6. The Bertz CT molecular complexity index is 323. The van der Waals surface area contributed by atoms with Gasteiger partial charge in [-0.05, 0) is 49.3 Å². The fourth-order valence-electron chi connectivity index (χ4n) is 2.30. The molecular formula is C16H26O. The summed E-state index contributed by atoms with van der Waals surface area (Å²) in [5, 5.41) is 10.2. The molecule has 17 heavy (non-hydrogen) atoms. The molecule has 1 heteroatoms. The second kappa shape index (κ2) is 6.80. The van der Waals surface area contributed by atoms with E-state index in [2.05, 4.69) is 45.9 Å². The van der Waals surface area contributed by atoms with Gasteiger partial charge in [0.2, 0.25) is 0 Å². The number of hydrogen-bond donors (Lipinski definition) is 1. The van der Waals surface area contributed by atoms with Crippen LogP contribution in [-0.4, -0.2) is 11.2 Å². The van der Waals surface area contributed by atoms with Gasteiger partial charge in [0.25, 0.3) is 0 Å². The maximum atomic E-state index is 10.2. The molecule has 0 radical (unpaired) electrons. The van der Waals surface area contributed by atoms with Crippen molar-refractivity contribution in [1.82, 2.24) is 0 Å². The number of rotatable bonds is 6. The smallest absolute Gasteiger partial charge is 0.0606 e. The minimum atomic E-state index is -0.207. The molecule has 0 spiro atoms. The third kappa shape index (κ3) is 4.16. The molecule has 1 N–H and O–H groups in total. The van der Waals surface area contributed by atoms with Crippen LogP contribution in [0.4, 0.5) is 0 Å². The number of aliphatic hydroxyl groups is 1. The fourth-order valence-corrected chi connectivity index (χ4v) is 2.30. The molecule has 1 aromatic carbocycles. The first-order valence-corrected chi connectivity index (χ1v) is 6.79. The van der Waals surface area contributed by atoms with E-state index in [0.29, 0.717) is 5.92 Å². The first-order valence-electron chi connectivity index (χ1n) is 6.79. The summed E-state index contributed by atoms with van der Waals surface area (Å²) in [5.74, 6) is 0.397. The summed E-state index contributed by atoms with van der Waals surface area (Å²) in [6.07, 6.45) is 4.14. The lowest BCUT2D eigenvalue weighted by molar-refractivity contribution is 0.110. The van der Waals surface area contributed by atoms with Gasteiger partial charge in [0.15, 0.2) is 0 Å². The largest absolute Gasteiger partial charge is 0.393 e. The molecule has 0 aliphatic heterocycles. The Morgan fingerprint density at radius 3 is 2.29 bits per heavy atom. The number of aliphatic hydroxyl groups excluding tert-OH is 1. The van der Waals surface area contributed by atoms with Gasteiger partial charge in [-0.1, -0.05) is 44.9 Å². The molecule has 0 saturated carbocycles. The molecule has 1 rings (SSSR count). The number of hydrogen-bond acceptors (Lipinski definition) is 1. The molecule has 0 aliphatic rings. The number of unbranched alkanes of at least 4 members (excludes halogenated alkanes) is 1. The Balaban J connectivity index is 2.64. The third-order valence-electron chi connectivity index (χ3n) is 3.73. The van der Waals surface area contributed by atoms with Crippen LogP contribution in [0.25, 0.3) is 0 Å². The average Bonchev–Trinajstić information content (AvgIpc) is 2.30. The highest BCUT2D eigenvalue weighted by molar-refractivity contribution is 5.33. The van der Waals surface area contributed by atoms with Crippen molar-refractivity contribution in [1.29, 1.82) is 0 Å². The van der Waals surface area contributed by atoms with Crippen LogP contribution in [0.1, 0.15) is 49.8 Å². The maximum Gasteiger partial charge on any atom is 0.0606 e. The zero-order chi connectivity index (χ0) is 12.8. The van der Waals surface area contributed by atoms with Gasteiger partial charge in [-0.15, -0.1) is 0 Å². The quantitative estimate of drug-likeness (QED) is 0.788. The summed E-state index contributed by atoms with van der Waals surface area (Å²) in [6, 6.07) is 6.35. The Morgan fingerprint density at radius 2 is 1.76 bits per heavy atom. The summed E-state index contributed by atoms with van der Waals surface area (Å²) in [4.78, 5) is 0. The topological polar surface area (TPSA) is 20.2 Å². The minimum absolute atomic E-state index is 0.207. The molecule has 1 nitrogen and oxygen atoms in total. The fraction of sp³-hybridized carbons (Fsp3) is 0.625. The summed E-state index contributed by atoms with van der Waals surface area (Å²) >= 11 is 0. The van der Waals surface area contributed by atoms with Gasteiger partial charge in [-0.25, -0.2) is 0 Å². The van der Waals surface area contributed by atoms with Crippen molar-refractivity contribution >= 4 is 0 Å². The number of benzene rings is 1. The van der Waals surface area contributed by atoms with E-state index in [1.165, 1.54) is 29.5 Å². The van der Waals surface area contributed by atoms with Crippen LogP contribution in [0.3, 0.4) is 0 Å². The van der Waals surface area contributed by atoms with Gasteiger partial charge in [0.1, 0.15) is 0 Å². The highest BCUT2D eigenvalue weighted by Crippen LogP contribution is 2.20. The average molecular weight is 234 g/mol. The molecule has 0 saturated heterocycles. The predicted molar refractivity (Wildman–Crippen MR) is 74.3 cm³/mol. The number of aryl methyl sites for hydroxylation is 2.